The van der Waals surface area contributed by atoms with Gasteiger partial charge in [0.2, 0.25) is 0 Å². The van der Waals surface area contributed by atoms with Crippen molar-refractivity contribution in [2.24, 2.45) is 5.92 Å². The minimum absolute atomic E-state index is 0.431. The lowest BCUT2D eigenvalue weighted by Crippen LogP contribution is -2.43. The van der Waals surface area contributed by atoms with Crippen LogP contribution in [0, 0.1) is 5.92 Å². The molecule has 1 amide bonds. The number of carbonyl (C=O) groups is 2. The second-order valence-electron chi connectivity index (χ2n) is 5.80. The highest BCUT2D eigenvalue weighted by Gasteiger charge is 2.24. The topological polar surface area (TPSA) is 75.6 Å². The van der Waals surface area contributed by atoms with Crippen molar-refractivity contribution in [3.63, 3.8) is 0 Å². The van der Waals surface area contributed by atoms with Crippen LogP contribution in [0.5, 0.6) is 0 Å². The van der Waals surface area contributed by atoms with E-state index >= 15 is 0 Å². The van der Waals surface area contributed by atoms with Crippen LogP contribution in [0.25, 0.3) is 0 Å². The molecule has 0 aromatic carbocycles. The lowest BCUT2D eigenvalue weighted by atomic mass is 9.95. The van der Waals surface area contributed by atoms with E-state index in [0.29, 0.717) is 12.3 Å². The smallest absolute Gasteiger partial charge is 0.408 e. The average Bonchev–Trinajstić information content (AvgIpc) is 2.25. The Kier molecular flexibility index (Phi) is 7.49. The Labute approximate surface area is 115 Å². The Morgan fingerprint density at radius 2 is 1.68 bits per heavy atom. The van der Waals surface area contributed by atoms with Crippen molar-refractivity contribution in [2.75, 3.05) is 0 Å². The van der Waals surface area contributed by atoms with Crippen LogP contribution in [0.4, 0.5) is 4.79 Å². The van der Waals surface area contributed by atoms with Crippen LogP contribution in [0.15, 0.2) is 0 Å². The summed E-state index contributed by atoms with van der Waals surface area (Å²) in [4.78, 5) is 22.7. The molecule has 0 aromatic rings. The van der Waals surface area contributed by atoms with Gasteiger partial charge in [0.1, 0.15) is 11.6 Å². The molecule has 1 atom stereocenters. The highest BCUT2D eigenvalue weighted by molar-refractivity contribution is 5.79. The van der Waals surface area contributed by atoms with Crippen LogP contribution in [0.1, 0.15) is 60.3 Å². The summed E-state index contributed by atoms with van der Waals surface area (Å²) in [5.41, 5.74) is -0.623. The van der Waals surface area contributed by atoms with E-state index in [1.807, 2.05) is 0 Å². The van der Waals surface area contributed by atoms with Crippen LogP contribution in [0.3, 0.4) is 0 Å². The molecule has 0 spiro atoms. The van der Waals surface area contributed by atoms with Gasteiger partial charge < -0.3 is 15.2 Å². The zero-order chi connectivity index (χ0) is 15.1. The van der Waals surface area contributed by atoms with Crippen LogP contribution in [0.2, 0.25) is 0 Å². The molecule has 0 aliphatic rings. The van der Waals surface area contributed by atoms with Crippen molar-refractivity contribution < 1.29 is 19.4 Å². The summed E-state index contributed by atoms with van der Waals surface area (Å²) in [6, 6.07) is -0.879. The number of hydrogen-bond acceptors (Lipinski definition) is 3. The molecule has 0 heterocycles. The van der Waals surface area contributed by atoms with E-state index < -0.39 is 23.7 Å². The summed E-state index contributed by atoms with van der Waals surface area (Å²) in [5.74, 6) is -0.515. The number of nitrogens with one attached hydrogen (secondary N) is 1. The summed E-state index contributed by atoms with van der Waals surface area (Å²) in [6.07, 6.45) is 2.59. The maximum Gasteiger partial charge on any atom is 0.408 e. The number of alkyl carbamates (subject to hydrolysis) is 1. The zero-order valence-electron chi connectivity index (χ0n) is 12.7. The highest BCUT2D eigenvalue weighted by Crippen LogP contribution is 2.16. The fourth-order valence-corrected chi connectivity index (χ4v) is 1.81. The quantitative estimate of drug-likeness (QED) is 0.747. The van der Waals surface area contributed by atoms with Gasteiger partial charge >= 0.3 is 12.1 Å². The van der Waals surface area contributed by atoms with Crippen LogP contribution in [-0.2, 0) is 9.53 Å². The first-order valence-corrected chi connectivity index (χ1v) is 6.91. The number of aliphatic carboxylic acids is 1. The summed E-state index contributed by atoms with van der Waals surface area (Å²) in [6.45, 7) is 9.40. The molecular weight excluding hydrogens is 246 g/mol. The third-order valence-electron chi connectivity index (χ3n) is 3.01. The second-order valence-corrected chi connectivity index (χ2v) is 5.80. The first-order valence-electron chi connectivity index (χ1n) is 6.91. The molecule has 19 heavy (non-hydrogen) atoms. The van der Waals surface area contributed by atoms with Crippen LogP contribution in [-0.4, -0.2) is 28.8 Å². The van der Waals surface area contributed by atoms with Gasteiger partial charge in [0.25, 0.3) is 0 Å². The van der Waals surface area contributed by atoms with E-state index in [4.69, 9.17) is 9.84 Å². The second kappa shape index (κ2) is 8.02. The summed E-state index contributed by atoms with van der Waals surface area (Å²) in [5, 5.41) is 11.5. The van der Waals surface area contributed by atoms with Crippen molar-refractivity contribution in [2.45, 2.75) is 71.9 Å². The first kappa shape index (κ1) is 17.7. The largest absolute Gasteiger partial charge is 0.480 e. The summed E-state index contributed by atoms with van der Waals surface area (Å²) < 4.78 is 5.06. The first-order chi connectivity index (χ1) is 8.69. The number of carboxylic acid groups (broad SMARTS) is 1. The molecule has 0 bridgehead atoms. The standard InChI is InChI=1S/C14H27NO4/c1-6-10(7-2)8-9-11(12(16)17)15-13(18)19-14(3,4)5/h10-11H,6-9H2,1-5H3,(H,15,18)(H,16,17). The number of ether oxygens (including phenoxy) is 1. The van der Waals surface area contributed by atoms with E-state index in [1.165, 1.54) is 0 Å². The van der Waals surface area contributed by atoms with Crippen LogP contribution >= 0.6 is 0 Å². The third kappa shape index (κ3) is 8.46. The minimum atomic E-state index is -1.02. The predicted octanol–water partition coefficient (Wildman–Crippen LogP) is 3.18. The van der Waals surface area contributed by atoms with Gasteiger partial charge in [-0.1, -0.05) is 26.7 Å². The van der Waals surface area contributed by atoms with Crippen molar-refractivity contribution in [1.29, 1.82) is 0 Å². The molecular formula is C14H27NO4. The van der Waals surface area contributed by atoms with Gasteiger partial charge in [-0.2, -0.15) is 0 Å². The van der Waals surface area contributed by atoms with E-state index in [9.17, 15) is 9.59 Å². The molecule has 5 nitrogen and oxygen atoms in total. The average molecular weight is 273 g/mol. The molecule has 1 unspecified atom stereocenters. The molecule has 2 N–H and O–H groups in total. The molecule has 0 aliphatic heterocycles. The van der Waals surface area contributed by atoms with Crippen molar-refractivity contribution >= 4 is 12.1 Å². The van der Waals surface area contributed by atoms with Gasteiger partial charge in [-0.25, -0.2) is 9.59 Å². The van der Waals surface area contributed by atoms with E-state index in [0.717, 1.165) is 19.3 Å². The SMILES string of the molecule is CCC(CC)CCC(NC(=O)OC(C)(C)C)C(=O)O. The van der Waals surface area contributed by atoms with Gasteiger partial charge in [0.15, 0.2) is 0 Å². The summed E-state index contributed by atoms with van der Waals surface area (Å²) in [7, 11) is 0. The molecule has 0 aromatic heterocycles. The predicted molar refractivity (Wildman–Crippen MR) is 74.1 cm³/mol. The highest BCUT2D eigenvalue weighted by atomic mass is 16.6. The van der Waals surface area contributed by atoms with E-state index in [1.54, 1.807) is 20.8 Å². The van der Waals surface area contributed by atoms with Gasteiger partial charge in [0.05, 0.1) is 0 Å². The van der Waals surface area contributed by atoms with E-state index in [2.05, 4.69) is 19.2 Å². The maximum absolute atomic E-state index is 11.6. The van der Waals surface area contributed by atoms with Crippen molar-refractivity contribution in [1.82, 2.24) is 5.32 Å². The number of rotatable bonds is 7. The number of carbonyl (C=O) groups excluding carboxylic acids is 1. The van der Waals surface area contributed by atoms with Crippen LogP contribution < -0.4 is 5.32 Å². The van der Waals surface area contributed by atoms with Crippen molar-refractivity contribution in [3.05, 3.63) is 0 Å². The molecule has 0 radical (unpaired) electrons. The monoisotopic (exact) mass is 273 g/mol. The Hall–Kier alpha value is -1.26. The van der Waals surface area contributed by atoms with Gasteiger partial charge in [-0.3, -0.25) is 0 Å². The van der Waals surface area contributed by atoms with E-state index in [-0.39, 0.29) is 0 Å². The normalized spacial score (nSPS) is 13.2. The molecule has 0 fully saturated rings. The lowest BCUT2D eigenvalue weighted by Gasteiger charge is -2.22. The Morgan fingerprint density at radius 3 is 2.05 bits per heavy atom. The molecule has 0 saturated carbocycles. The minimum Gasteiger partial charge on any atom is -0.480 e. The molecule has 112 valence electrons. The van der Waals surface area contributed by atoms with Gasteiger partial charge in [0, 0.05) is 0 Å². The van der Waals surface area contributed by atoms with Crippen molar-refractivity contribution in [3.8, 4) is 0 Å². The Bertz CT molecular complexity index is 292. The third-order valence-corrected chi connectivity index (χ3v) is 3.01. The lowest BCUT2D eigenvalue weighted by molar-refractivity contribution is -0.139. The Balaban J connectivity index is 4.34. The number of amides is 1. The maximum atomic E-state index is 11.6. The molecule has 0 rings (SSSR count). The number of carboxylic acids is 1. The van der Waals surface area contributed by atoms with Gasteiger partial charge in [-0.15, -0.1) is 0 Å². The fourth-order valence-electron chi connectivity index (χ4n) is 1.81. The number of hydrogen-bond donors (Lipinski definition) is 2. The molecule has 5 heteroatoms. The molecule has 0 saturated heterocycles. The fraction of sp³-hybridized carbons (Fsp3) is 0.857. The Morgan fingerprint density at radius 1 is 1.16 bits per heavy atom. The van der Waals surface area contributed by atoms with Gasteiger partial charge in [-0.05, 0) is 39.5 Å². The molecule has 0 aliphatic carbocycles. The summed E-state index contributed by atoms with van der Waals surface area (Å²) >= 11 is 0. The zero-order valence-corrected chi connectivity index (χ0v) is 12.7.